The number of rotatable bonds is 5. The van der Waals surface area contributed by atoms with Crippen molar-refractivity contribution in [2.75, 3.05) is 25.1 Å². The highest BCUT2D eigenvalue weighted by Crippen LogP contribution is 2.19. The van der Waals surface area contributed by atoms with Crippen LogP contribution in [0.5, 0.6) is 5.75 Å². The molecule has 2 aromatic rings. The Balaban J connectivity index is 1.57. The molecule has 0 aliphatic carbocycles. The number of hydrogen-bond acceptors (Lipinski definition) is 5. The van der Waals surface area contributed by atoms with Gasteiger partial charge in [-0.25, -0.2) is 4.39 Å². The first-order chi connectivity index (χ1) is 11.7. The summed E-state index contributed by atoms with van der Waals surface area (Å²) in [6.45, 7) is 4.45. The van der Waals surface area contributed by atoms with E-state index in [0.29, 0.717) is 12.6 Å². The molecule has 3 rings (SSSR count). The summed E-state index contributed by atoms with van der Waals surface area (Å²) in [7, 11) is 1.47. The van der Waals surface area contributed by atoms with Gasteiger partial charge in [0.25, 0.3) is 0 Å². The van der Waals surface area contributed by atoms with Crippen molar-refractivity contribution >= 4 is 5.82 Å². The van der Waals surface area contributed by atoms with Crippen molar-refractivity contribution in [1.29, 1.82) is 0 Å². The fourth-order valence-corrected chi connectivity index (χ4v) is 2.99. The van der Waals surface area contributed by atoms with E-state index in [1.165, 1.54) is 13.2 Å². The Morgan fingerprint density at radius 3 is 2.88 bits per heavy atom. The molecule has 5 nitrogen and oxygen atoms in total. The Bertz CT molecular complexity index is 677. The van der Waals surface area contributed by atoms with Crippen molar-refractivity contribution in [1.82, 2.24) is 15.5 Å². The van der Waals surface area contributed by atoms with Crippen LogP contribution in [0.2, 0.25) is 0 Å². The number of aromatic nitrogens is 2. The molecule has 1 aromatic heterocycles. The van der Waals surface area contributed by atoms with E-state index < -0.39 is 0 Å². The van der Waals surface area contributed by atoms with Gasteiger partial charge >= 0.3 is 0 Å². The van der Waals surface area contributed by atoms with Crippen LogP contribution in [0.15, 0.2) is 30.3 Å². The molecule has 1 N–H and O–H groups in total. The van der Waals surface area contributed by atoms with Gasteiger partial charge in [-0.3, -0.25) is 0 Å². The van der Waals surface area contributed by atoms with E-state index in [1.807, 2.05) is 25.1 Å². The molecule has 1 unspecified atom stereocenters. The number of piperidine rings is 1. The highest BCUT2D eigenvalue weighted by molar-refractivity contribution is 5.38. The molecule has 128 valence electrons. The average molecular weight is 330 g/mol. The fourth-order valence-electron chi connectivity index (χ4n) is 2.99. The number of methoxy groups -OCH3 is 1. The van der Waals surface area contributed by atoms with Crippen LogP contribution in [-0.4, -0.2) is 36.4 Å². The van der Waals surface area contributed by atoms with Crippen LogP contribution in [0, 0.1) is 12.7 Å². The van der Waals surface area contributed by atoms with Crippen LogP contribution in [0.1, 0.15) is 24.1 Å². The molecule has 1 saturated heterocycles. The third-order valence-electron chi connectivity index (χ3n) is 4.34. The molecule has 1 aromatic carbocycles. The topological polar surface area (TPSA) is 50.3 Å². The lowest BCUT2D eigenvalue weighted by molar-refractivity contribution is 0.385. The van der Waals surface area contributed by atoms with Gasteiger partial charge in [0.05, 0.1) is 12.8 Å². The van der Waals surface area contributed by atoms with E-state index in [-0.39, 0.29) is 11.6 Å². The average Bonchev–Trinajstić information content (AvgIpc) is 2.61. The second-order valence-electron chi connectivity index (χ2n) is 6.17. The lowest BCUT2D eigenvalue weighted by atomic mass is 10.1. The van der Waals surface area contributed by atoms with Crippen molar-refractivity contribution in [3.8, 4) is 5.75 Å². The summed E-state index contributed by atoms with van der Waals surface area (Å²) in [5, 5.41) is 11.9. The summed E-state index contributed by atoms with van der Waals surface area (Å²) in [5.41, 5.74) is 1.84. The molecule has 2 heterocycles. The number of hydrogen-bond donors (Lipinski definition) is 1. The Labute approximate surface area is 141 Å². The maximum absolute atomic E-state index is 13.8. The van der Waals surface area contributed by atoms with Gasteiger partial charge in [-0.1, -0.05) is 6.07 Å². The van der Waals surface area contributed by atoms with Crippen molar-refractivity contribution < 1.29 is 9.13 Å². The molecule has 0 saturated carbocycles. The number of nitrogens with zero attached hydrogens (tertiary/aromatic N) is 3. The maximum Gasteiger partial charge on any atom is 0.165 e. The third-order valence-corrected chi connectivity index (χ3v) is 4.34. The van der Waals surface area contributed by atoms with Crippen molar-refractivity contribution in [2.24, 2.45) is 0 Å². The Morgan fingerprint density at radius 2 is 2.17 bits per heavy atom. The minimum atomic E-state index is -0.322. The van der Waals surface area contributed by atoms with E-state index in [2.05, 4.69) is 20.4 Å². The van der Waals surface area contributed by atoms with Crippen LogP contribution in [0.25, 0.3) is 0 Å². The number of nitrogens with one attached hydrogen (secondary N) is 1. The summed E-state index contributed by atoms with van der Waals surface area (Å²) < 4.78 is 18.7. The van der Waals surface area contributed by atoms with E-state index in [4.69, 9.17) is 4.74 Å². The predicted molar refractivity (Wildman–Crippen MR) is 91.8 cm³/mol. The molecular weight excluding hydrogens is 307 g/mol. The molecule has 6 heteroatoms. The van der Waals surface area contributed by atoms with E-state index in [0.717, 1.165) is 43.0 Å². The summed E-state index contributed by atoms with van der Waals surface area (Å²) in [5.74, 6) is 0.875. The molecule has 1 aliphatic rings. The zero-order valence-corrected chi connectivity index (χ0v) is 14.1. The third kappa shape index (κ3) is 4.00. The zero-order valence-electron chi connectivity index (χ0n) is 14.1. The van der Waals surface area contributed by atoms with Crippen LogP contribution in [-0.2, 0) is 6.54 Å². The van der Waals surface area contributed by atoms with Crippen LogP contribution in [0.3, 0.4) is 0 Å². The molecule has 0 radical (unpaired) electrons. The molecule has 1 aliphatic heterocycles. The van der Waals surface area contributed by atoms with Crippen LogP contribution < -0.4 is 15.0 Å². The molecule has 0 amide bonds. The number of halogens is 1. The van der Waals surface area contributed by atoms with Crippen molar-refractivity contribution in [3.05, 3.63) is 47.4 Å². The van der Waals surface area contributed by atoms with E-state index in [1.54, 1.807) is 6.07 Å². The molecule has 0 spiro atoms. The van der Waals surface area contributed by atoms with E-state index in [9.17, 15) is 4.39 Å². The van der Waals surface area contributed by atoms with Gasteiger partial charge in [-0.2, -0.15) is 5.10 Å². The highest BCUT2D eigenvalue weighted by atomic mass is 19.1. The first-order valence-corrected chi connectivity index (χ1v) is 8.27. The first kappa shape index (κ1) is 16.6. The standard InChI is InChI=1S/C18H23FN4O/c1-13-5-8-18(22-21-13)23-9-3-4-15(12-23)20-11-14-6-7-17(24-2)16(19)10-14/h5-8,10,15,20H,3-4,9,11-12H2,1-2H3. The number of anilines is 1. The van der Waals surface area contributed by atoms with Crippen molar-refractivity contribution in [3.63, 3.8) is 0 Å². The van der Waals surface area contributed by atoms with Gasteiger partial charge in [-0.05, 0) is 49.6 Å². The summed E-state index contributed by atoms with van der Waals surface area (Å²) in [6.07, 6.45) is 2.21. The minimum Gasteiger partial charge on any atom is -0.494 e. The van der Waals surface area contributed by atoms with Crippen LogP contribution >= 0.6 is 0 Å². The second kappa shape index (κ2) is 7.57. The lowest BCUT2D eigenvalue weighted by Gasteiger charge is -2.33. The summed E-state index contributed by atoms with van der Waals surface area (Å²) in [6, 6.07) is 9.44. The molecule has 24 heavy (non-hydrogen) atoms. The first-order valence-electron chi connectivity index (χ1n) is 8.27. The quantitative estimate of drug-likeness (QED) is 0.913. The Hall–Kier alpha value is -2.21. The zero-order chi connectivity index (χ0) is 16.9. The van der Waals surface area contributed by atoms with Gasteiger partial charge in [0.2, 0.25) is 0 Å². The van der Waals surface area contributed by atoms with Gasteiger partial charge in [0, 0.05) is 25.7 Å². The largest absolute Gasteiger partial charge is 0.494 e. The van der Waals surface area contributed by atoms with E-state index >= 15 is 0 Å². The SMILES string of the molecule is COc1ccc(CNC2CCCN(c3ccc(C)nn3)C2)cc1F. The summed E-state index contributed by atoms with van der Waals surface area (Å²) in [4.78, 5) is 2.25. The number of benzene rings is 1. The number of ether oxygens (including phenoxy) is 1. The Morgan fingerprint density at radius 1 is 1.29 bits per heavy atom. The minimum absolute atomic E-state index is 0.278. The normalized spacial score (nSPS) is 17.8. The lowest BCUT2D eigenvalue weighted by Crippen LogP contribution is -2.45. The summed E-state index contributed by atoms with van der Waals surface area (Å²) >= 11 is 0. The van der Waals surface area contributed by atoms with Gasteiger partial charge < -0.3 is 15.0 Å². The predicted octanol–water partition coefficient (Wildman–Crippen LogP) is 2.69. The molecule has 1 atom stereocenters. The van der Waals surface area contributed by atoms with Gasteiger partial charge in [0.15, 0.2) is 17.4 Å². The Kier molecular flexibility index (Phi) is 5.25. The van der Waals surface area contributed by atoms with Gasteiger partial charge in [-0.15, -0.1) is 5.10 Å². The highest BCUT2D eigenvalue weighted by Gasteiger charge is 2.20. The van der Waals surface area contributed by atoms with Crippen molar-refractivity contribution in [2.45, 2.75) is 32.4 Å². The smallest absolute Gasteiger partial charge is 0.165 e. The molecule has 0 bridgehead atoms. The van der Waals surface area contributed by atoms with Crippen LogP contribution in [0.4, 0.5) is 10.2 Å². The molecule has 1 fully saturated rings. The second-order valence-corrected chi connectivity index (χ2v) is 6.17. The fraction of sp³-hybridized carbons (Fsp3) is 0.444. The monoisotopic (exact) mass is 330 g/mol. The maximum atomic E-state index is 13.8. The van der Waals surface area contributed by atoms with Gasteiger partial charge in [0.1, 0.15) is 0 Å². The molecular formula is C18H23FN4O. The number of aryl methyl sites for hydroxylation is 1.